The molecule has 1 aliphatic rings. The SMILES string of the molecule is CC(C)(C)N=CC1=CSC(C(=O)NC(CS)C(=O)O)C1. The average molecular weight is 316 g/mol. The number of carbonyl (C=O) groups excluding carboxylic acids is 1. The molecule has 0 spiro atoms. The second-order valence-electron chi connectivity index (χ2n) is 5.53. The maximum absolute atomic E-state index is 12.0. The van der Waals surface area contributed by atoms with Crippen LogP contribution in [0, 0.1) is 0 Å². The molecule has 1 amide bonds. The number of carboxylic acids is 1. The molecule has 1 aliphatic heterocycles. The lowest BCUT2D eigenvalue weighted by molar-refractivity contribution is -0.141. The molecule has 0 saturated heterocycles. The van der Waals surface area contributed by atoms with Crippen LogP contribution in [0.1, 0.15) is 27.2 Å². The fourth-order valence-corrected chi connectivity index (χ4v) is 2.67. The Hall–Kier alpha value is -0.950. The lowest BCUT2D eigenvalue weighted by atomic mass is 10.1. The van der Waals surface area contributed by atoms with Crippen LogP contribution in [-0.2, 0) is 9.59 Å². The molecule has 1 rings (SSSR count). The summed E-state index contributed by atoms with van der Waals surface area (Å²) in [5.74, 6) is -1.27. The first kappa shape index (κ1) is 17.1. The molecular formula is C13H20N2O3S2. The summed E-state index contributed by atoms with van der Waals surface area (Å²) >= 11 is 5.31. The average Bonchev–Trinajstić information content (AvgIpc) is 2.80. The maximum Gasteiger partial charge on any atom is 0.327 e. The van der Waals surface area contributed by atoms with Gasteiger partial charge >= 0.3 is 5.97 Å². The van der Waals surface area contributed by atoms with E-state index in [0.29, 0.717) is 6.42 Å². The number of aliphatic carboxylic acids is 1. The Morgan fingerprint density at radius 1 is 1.65 bits per heavy atom. The molecule has 0 aliphatic carbocycles. The molecule has 1 heterocycles. The summed E-state index contributed by atoms with van der Waals surface area (Å²) in [5.41, 5.74) is 0.842. The van der Waals surface area contributed by atoms with Gasteiger partial charge in [-0.3, -0.25) is 9.79 Å². The van der Waals surface area contributed by atoms with E-state index in [1.165, 1.54) is 11.8 Å². The van der Waals surface area contributed by atoms with Crippen LogP contribution >= 0.6 is 24.4 Å². The molecule has 0 aromatic heterocycles. The van der Waals surface area contributed by atoms with E-state index < -0.39 is 12.0 Å². The normalized spacial score (nSPS) is 20.8. The van der Waals surface area contributed by atoms with Gasteiger partial charge in [-0.2, -0.15) is 12.6 Å². The summed E-state index contributed by atoms with van der Waals surface area (Å²) in [5, 5.41) is 13.0. The molecule has 0 fully saturated rings. The third-order valence-corrected chi connectivity index (χ3v) is 4.03. The van der Waals surface area contributed by atoms with E-state index in [2.05, 4.69) is 22.9 Å². The van der Waals surface area contributed by atoms with Crippen LogP contribution in [0.15, 0.2) is 16.0 Å². The van der Waals surface area contributed by atoms with Gasteiger partial charge in [0.1, 0.15) is 6.04 Å². The van der Waals surface area contributed by atoms with Gasteiger partial charge in [0.25, 0.3) is 0 Å². The summed E-state index contributed by atoms with van der Waals surface area (Å²) < 4.78 is 0. The summed E-state index contributed by atoms with van der Waals surface area (Å²) in [6.07, 6.45) is 2.35. The van der Waals surface area contributed by atoms with Gasteiger partial charge in [0.05, 0.1) is 10.8 Å². The topological polar surface area (TPSA) is 78.8 Å². The van der Waals surface area contributed by atoms with E-state index in [4.69, 9.17) is 5.11 Å². The van der Waals surface area contributed by atoms with E-state index in [1.807, 2.05) is 26.2 Å². The van der Waals surface area contributed by atoms with Crippen molar-refractivity contribution < 1.29 is 14.7 Å². The highest BCUT2D eigenvalue weighted by Crippen LogP contribution is 2.29. The number of nitrogens with zero attached hydrogens (tertiary/aromatic N) is 1. The summed E-state index contributed by atoms with van der Waals surface area (Å²) in [6.45, 7) is 6.00. The summed E-state index contributed by atoms with van der Waals surface area (Å²) in [6, 6.07) is -0.946. The van der Waals surface area contributed by atoms with E-state index in [9.17, 15) is 9.59 Å². The van der Waals surface area contributed by atoms with Crippen LogP contribution in [0.3, 0.4) is 0 Å². The number of rotatable bonds is 5. The lowest BCUT2D eigenvalue weighted by Gasteiger charge is -2.15. The van der Waals surface area contributed by atoms with Crippen molar-refractivity contribution in [3.63, 3.8) is 0 Å². The number of allylic oxidation sites excluding steroid dienone is 1. The van der Waals surface area contributed by atoms with Crippen molar-refractivity contribution in [1.29, 1.82) is 0 Å². The fourth-order valence-electron chi connectivity index (χ4n) is 1.44. The van der Waals surface area contributed by atoms with E-state index in [1.54, 1.807) is 6.21 Å². The minimum atomic E-state index is -1.07. The smallest absolute Gasteiger partial charge is 0.327 e. The third kappa shape index (κ3) is 5.58. The Kier molecular flexibility index (Phi) is 6.13. The van der Waals surface area contributed by atoms with E-state index in [-0.39, 0.29) is 22.4 Å². The van der Waals surface area contributed by atoms with Crippen molar-refractivity contribution in [2.24, 2.45) is 4.99 Å². The zero-order chi connectivity index (χ0) is 15.3. The monoisotopic (exact) mass is 316 g/mol. The highest BCUT2D eigenvalue weighted by Gasteiger charge is 2.28. The van der Waals surface area contributed by atoms with Crippen LogP contribution in [0.5, 0.6) is 0 Å². The fraction of sp³-hybridized carbons (Fsp3) is 0.615. The number of hydrogen-bond acceptors (Lipinski definition) is 5. The van der Waals surface area contributed by atoms with Gasteiger partial charge in [-0.25, -0.2) is 4.79 Å². The Morgan fingerprint density at radius 2 is 2.30 bits per heavy atom. The largest absolute Gasteiger partial charge is 0.480 e. The minimum Gasteiger partial charge on any atom is -0.480 e. The number of thioether (sulfide) groups is 1. The Morgan fingerprint density at radius 3 is 2.80 bits per heavy atom. The number of aliphatic imine (C=N–C) groups is 1. The molecule has 7 heteroatoms. The first-order valence-corrected chi connectivity index (χ1v) is 7.84. The molecule has 5 nitrogen and oxygen atoms in total. The first-order valence-electron chi connectivity index (χ1n) is 6.26. The molecule has 0 saturated carbocycles. The van der Waals surface area contributed by atoms with Gasteiger partial charge in [-0.15, -0.1) is 11.8 Å². The molecule has 0 radical (unpaired) electrons. The molecular weight excluding hydrogens is 296 g/mol. The number of thiol groups is 1. The molecule has 0 aromatic carbocycles. The quantitative estimate of drug-likeness (QED) is 0.533. The van der Waals surface area contributed by atoms with Gasteiger partial charge in [0.2, 0.25) is 5.91 Å². The molecule has 20 heavy (non-hydrogen) atoms. The standard InChI is InChI=1S/C13H20N2O3S2/c1-13(2,3)14-5-8-4-10(20-7-8)11(16)15-9(6-19)12(17)18/h5,7,9-10,19H,4,6H2,1-3H3,(H,15,16)(H,17,18). The Bertz CT molecular complexity index is 441. The van der Waals surface area contributed by atoms with Crippen LogP contribution in [0.2, 0.25) is 0 Å². The second-order valence-corrected chi connectivity index (χ2v) is 6.97. The molecule has 2 atom stereocenters. The van der Waals surface area contributed by atoms with Crippen molar-refractivity contribution in [3.8, 4) is 0 Å². The highest BCUT2D eigenvalue weighted by molar-refractivity contribution is 8.03. The highest BCUT2D eigenvalue weighted by atomic mass is 32.2. The van der Waals surface area contributed by atoms with Crippen molar-refractivity contribution in [1.82, 2.24) is 5.32 Å². The Labute approximate surface area is 128 Å². The van der Waals surface area contributed by atoms with E-state index >= 15 is 0 Å². The Balaban J connectivity index is 2.52. The maximum atomic E-state index is 12.0. The van der Waals surface area contributed by atoms with Gasteiger partial charge in [-0.05, 0) is 38.2 Å². The van der Waals surface area contributed by atoms with Gasteiger partial charge in [0.15, 0.2) is 0 Å². The zero-order valence-corrected chi connectivity index (χ0v) is 13.5. The molecule has 2 N–H and O–H groups in total. The van der Waals surface area contributed by atoms with Crippen LogP contribution in [-0.4, -0.2) is 45.8 Å². The van der Waals surface area contributed by atoms with Gasteiger partial charge < -0.3 is 10.4 Å². The molecule has 112 valence electrons. The predicted octanol–water partition coefficient (Wildman–Crippen LogP) is 1.74. The molecule has 0 bridgehead atoms. The zero-order valence-electron chi connectivity index (χ0n) is 11.8. The van der Waals surface area contributed by atoms with Crippen molar-refractivity contribution >= 4 is 42.5 Å². The molecule has 0 aromatic rings. The number of hydrogen-bond donors (Lipinski definition) is 3. The second kappa shape index (κ2) is 7.17. The number of carboxylic acid groups (broad SMARTS) is 1. The lowest BCUT2D eigenvalue weighted by Crippen LogP contribution is -2.45. The third-order valence-electron chi connectivity index (χ3n) is 2.51. The van der Waals surface area contributed by atoms with E-state index in [0.717, 1.165) is 5.57 Å². The minimum absolute atomic E-state index is 0.0736. The van der Waals surface area contributed by atoms with Crippen molar-refractivity contribution in [2.45, 2.75) is 44.0 Å². The van der Waals surface area contributed by atoms with Crippen LogP contribution < -0.4 is 5.32 Å². The van der Waals surface area contributed by atoms with Crippen molar-refractivity contribution in [2.75, 3.05) is 5.75 Å². The van der Waals surface area contributed by atoms with Gasteiger partial charge in [0, 0.05) is 12.0 Å². The summed E-state index contributed by atoms with van der Waals surface area (Å²) in [7, 11) is 0. The number of amides is 1. The van der Waals surface area contributed by atoms with Crippen LogP contribution in [0.25, 0.3) is 0 Å². The first-order chi connectivity index (χ1) is 9.23. The molecule has 2 unspecified atom stereocenters. The summed E-state index contributed by atoms with van der Waals surface area (Å²) in [4.78, 5) is 27.2. The van der Waals surface area contributed by atoms with Crippen LogP contribution in [0.4, 0.5) is 0 Å². The number of carbonyl (C=O) groups is 2. The number of nitrogens with one attached hydrogen (secondary N) is 1. The predicted molar refractivity (Wildman–Crippen MR) is 85.7 cm³/mol. The van der Waals surface area contributed by atoms with Gasteiger partial charge in [-0.1, -0.05) is 0 Å². The van der Waals surface area contributed by atoms with Crippen molar-refractivity contribution in [3.05, 3.63) is 11.0 Å².